The van der Waals surface area contributed by atoms with Crippen LogP contribution in [0.25, 0.3) is 11.1 Å². The van der Waals surface area contributed by atoms with Gasteiger partial charge in [-0.1, -0.05) is 72.8 Å². The van der Waals surface area contributed by atoms with Gasteiger partial charge in [-0.2, -0.15) is 0 Å². The minimum atomic E-state index is 0.328. The first-order valence-corrected chi connectivity index (χ1v) is 11.3. The summed E-state index contributed by atoms with van der Waals surface area (Å²) in [5.74, 6) is 1.35. The van der Waals surface area contributed by atoms with Crippen molar-refractivity contribution in [1.82, 2.24) is 0 Å². The fourth-order valence-electron chi connectivity index (χ4n) is 3.77. The molecule has 0 fully saturated rings. The van der Waals surface area contributed by atoms with Crippen molar-refractivity contribution in [2.75, 3.05) is 16.5 Å². The highest BCUT2D eigenvalue weighted by atomic mass is 32.1. The second-order valence-electron chi connectivity index (χ2n) is 7.39. The molecule has 1 aliphatic heterocycles. The Kier molecular flexibility index (Phi) is 6.02. The van der Waals surface area contributed by atoms with Gasteiger partial charge in [0, 0.05) is 11.1 Å². The zero-order valence-electron chi connectivity index (χ0n) is 17.6. The normalized spacial score (nSPS) is 12.2. The molecule has 0 atom stereocenters. The van der Waals surface area contributed by atoms with Crippen LogP contribution in [-0.2, 0) is 0 Å². The van der Waals surface area contributed by atoms with E-state index in [4.69, 9.17) is 33.9 Å². The number of benzene rings is 4. The first kappa shape index (κ1) is 21.1. The number of para-hydroxylation sites is 4. The Bertz CT molecular complexity index is 1190. The quantitative estimate of drug-likeness (QED) is 0.305. The summed E-state index contributed by atoms with van der Waals surface area (Å²) < 4.78 is 12.1. The highest BCUT2D eigenvalue weighted by Gasteiger charge is 2.30. The molecule has 1 aliphatic rings. The smallest absolute Gasteiger partial charge is 0.270 e. The summed E-state index contributed by atoms with van der Waals surface area (Å²) >= 11 is 11.5. The molecule has 0 aromatic heterocycles. The average Bonchev–Trinajstić information content (AvgIpc) is 3.00. The molecule has 6 heteroatoms. The van der Waals surface area contributed by atoms with Crippen LogP contribution in [0.3, 0.4) is 0 Å². The molecule has 5 rings (SSSR count). The Hall–Kier alpha value is -3.74. The van der Waals surface area contributed by atoms with Gasteiger partial charge in [0.1, 0.15) is 18.2 Å². The second kappa shape index (κ2) is 9.40. The molecule has 162 valence electrons. The second-order valence-corrected chi connectivity index (χ2v) is 8.09. The van der Waals surface area contributed by atoms with Crippen molar-refractivity contribution >= 4 is 46.2 Å². The topological polar surface area (TPSA) is 24.9 Å². The van der Waals surface area contributed by atoms with Gasteiger partial charge in [0.2, 0.25) is 0 Å². The van der Waals surface area contributed by atoms with E-state index in [1.165, 1.54) is 0 Å². The number of fused-ring (bicyclic) bond motifs is 3. The van der Waals surface area contributed by atoms with Crippen LogP contribution in [0.15, 0.2) is 109 Å². The van der Waals surface area contributed by atoms with Crippen LogP contribution in [0.2, 0.25) is 0 Å². The van der Waals surface area contributed by atoms with E-state index in [-0.39, 0.29) is 0 Å². The highest BCUT2D eigenvalue weighted by molar-refractivity contribution is 7.80. The van der Waals surface area contributed by atoms with Crippen molar-refractivity contribution in [2.45, 2.75) is 0 Å². The van der Waals surface area contributed by atoms with E-state index in [1.807, 2.05) is 107 Å². The van der Waals surface area contributed by atoms with Crippen LogP contribution in [0, 0.1) is 0 Å². The third kappa shape index (κ3) is 4.44. The first-order chi connectivity index (χ1) is 16.2. The minimum Gasteiger partial charge on any atom is -0.432 e. The van der Waals surface area contributed by atoms with Crippen molar-refractivity contribution in [2.24, 2.45) is 0 Å². The van der Waals surface area contributed by atoms with E-state index in [9.17, 15) is 0 Å². The zero-order chi connectivity index (χ0) is 22.6. The molecule has 0 bridgehead atoms. The zero-order valence-corrected chi connectivity index (χ0v) is 19.3. The van der Waals surface area contributed by atoms with E-state index >= 15 is 0 Å². The molecule has 4 aromatic rings. The highest BCUT2D eigenvalue weighted by Crippen LogP contribution is 2.41. The van der Waals surface area contributed by atoms with Gasteiger partial charge >= 0.3 is 0 Å². The fraction of sp³-hybridized carbons (Fsp3) is 0.0370. The molecule has 1 heterocycles. The van der Waals surface area contributed by atoms with E-state index in [0.717, 1.165) is 22.5 Å². The van der Waals surface area contributed by atoms with E-state index in [2.05, 4.69) is 12.1 Å². The largest absolute Gasteiger partial charge is 0.432 e. The van der Waals surface area contributed by atoms with Crippen molar-refractivity contribution in [1.29, 1.82) is 0 Å². The third-order valence-corrected chi connectivity index (χ3v) is 5.91. The number of nitrogens with zero attached hydrogens (tertiary/aromatic N) is 2. The predicted molar refractivity (Wildman–Crippen MR) is 141 cm³/mol. The molecular formula is C27H20N2O2S2. The number of hydrogen-bond acceptors (Lipinski definition) is 4. The lowest BCUT2D eigenvalue weighted by atomic mass is 10.0. The summed E-state index contributed by atoms with van der Waals surface area (Å²) in [7, 11) is 0. The van der Waals surface area contributed by atoms with Crippen LogP contribution in [0.1, 0.15) is 0 Å². The van der Waals surface area contributed by atoms with Crippen LogP contribution in [0.5, 0.6) is 11.5 Å². The molecule has 4 nitrogen and oxygen atoms in total. The lowest BCUT2D eigenvalue weighted by Gasteiger charge is -2.30. The van der Waals surface area contributed by atoms with E-state index in [1.54, 1.807) is 0 Å². The van der Waals surface area contributed by atoms with E-state index in [0.29, 0.717) is 28.5 Å². The first-order valence-electron chi connectivity index (χ1n) is 10.5. The maximum Gasteiger partial charge on any atom is 0.270 e. The van der Waals surface area contributed by atoms with Crippen LogP contribution in [0.4, 0.5) is 11.4 Å². The Morgan fingerprint density at radius 3 is 1.30 bits per heavy atom. The molecule has 0 saturated heterocycles. The maximum atomic E-state index is 6.06. The number of hydrogen-bond donors (Lipinski definition) is 0. The summed E-state index contributed by atoms with van der Waals surface area (Å²) in [6.07, 6.45) is 0. The molecule has 33 heavy (non-hydrogen) atoms. The number of ether oxygens (including phenoxy) is 2. The predicted octanol–water partition coefficient (Wildman–Crippen LogP) is 6.67. The number of thiocarbonyl (C=S) groups is 2. The van der Waals surface area contributed by atoms with Gasteiger partial charge in [0.05, 0.1) is 11.4 Å². The van der Waals surface area contributed by atoms with E-state index < -0.39 is 0 Å². The Morgan fingerprint density at radius 1 is 0.515 bits per heavy atom. The summed E-state index contributed by atoms with van der Waals surface area (Å²) in [5.41, 5.74) is 3.96. The van der Waals surface area contributed by atoms with Crippen molar-refractivity contribution in [3.63, 3.8) is 0 Å². The summed E-state index contributed by atoms with van der Waals surface area (Å²) in [4.78, 5) is 3.89. The summed E-state index contributed by atoms with van der Waals surface area (Å²) in [5, 5.41) is 0.655. The lowest BCUT2D eigenvalue weighted by molar-refractivity contribution is 0.536. The fourth-order valence-corrected chi connectivity index (χ4v) is 4.27. The third-order valence-electron chi connectivity index (χ3n) is 5.30. The Morgan fingerprint density at radius 2 is 0.879 bits per heavy atom. The van der Waals surface area contributed by atoms with Gasteiger partial charge in [-0.05, 0) is 60.8 Å². The van der Waals surface area contributed by atoms with Gasteiger partial charge < -0.3 is 9.47 Å². The Balaban J connectivity index is 1.56. The van der Waals surface area contributed by atoms with Gasteiger partial charge in [0.25, 0.3) is 10.3 Å². The van der Waals surface area contributed by atoms with Gasteiger partial charge in [0.15, 0.2) is 0 Å². The molecule has 0 aliphatic carbocycles. The number of anilines is 2. The molecule has 0 amide bonds. The summed E-state index contributed by atoms with van der Waals surface area (Å²) in [6.45, 7) is 0.339. The average molecular weight is 469 g/mol. The van der Waals surface area contributed by atoms with Crippen molar-refractivity contribution < 1.29 is 9.47 Å². The van der Waals surface area contributed by atoms with Crippen LogP contribution < -0.4 is 19.3 Å². The SMILES string of the molecule is S=C(Oc1ccccc1)N1CN(C(=S)Oc2ccccc2)c2ccccc2-c2ccccc21. The standard InChI is InChI=1S/C27H20N2O2S2/c32-26(30-20-11-3-1-4-12-20)28-19-29(27(33)31-21-13-5-2-6-14-21)25-18-10-8-16-23(25)22-15-7-9-17-24(22)28/h1-18H,19H2. The molecule has 0 N–H and O–H groups in total. The van der Waals surface area contributed by atoms with Gasteiger partial charge in [-0.15, -0.1) is 0 Å². The van der Waals surface area contributed by atoms with Gasteiger partial charge in [-0.25, -0.2) is 0 Å². The molecule has 0 unspecified atom stereocenters. The summed E-state index contributed by atoms with van der Waals surface area (Å²) in [6, 6.07) is 35.3. The van der Waals surface area contributed by atoms with Crippen molar-refractivity contribution in [3.8, 4) is 22.6 Å². The molecule has 0 radical (unpaired) electrons. The molecule has 4 aromatic carbocycles. The monoisotopic (exact) mass is 468 g/mol. The lowest BCUT2D eigenvalue weighted by Crippen LogP contribution is -2.46. The number of rotatable bonds is 2. The minimum absolute atomic E-state index is 0.328. The van der Waals surface area contributed by atoms with Gasteiger partial charge in [-0.3, -0.25) is 9.80 Å². The maximum absolute atomic E-state index is 6.06. The molecule has 0 saturated carbocycles. The van der Waals surface area contributed by atoms with Crippen LogP contribution >= 0.6 is 24.4 Å². The molecule has 0 spiro atoms. The van der Waals surface area contributed by atoms with Crippen LogP contribution in [-0.4, -0.2) is 17.0 Å². The van der Waals surface area contributed by atoms with Crippen molar-refractivity contribution in [3.05, 3.63) is 109 Å². The molecular weight excluding hydrogens is 448 g/mol. The Labute approximate surface area is 203 Å².